The molecular formula is C12H16O4. The van der Waals surface area contributed by atoms with Crippen molar-refractivity contribution in [1.29, 1.82) is 0 Å². The third-order valence-corrected chi connectivity index (χ3v) is 2.23. The van der Waals surface area contributed by atoms with E-state index in [4.69, 9.17) is 4.74 Å². The lowest BCUT2D eigenvalue weighted by molar-refractivity contribution is -0.143. The molecule has 1 aromatic rings. The lowest BCUT2D eigenvalue weighted by Gasteiger charge is -2.05. The van der Waals surface area contributed by atoms with E-state index in [9.17, 15) is 15.0 Å². The quantitative estimate of drug-likeness (QED) is 0.593. The van der Waals surface area contributed by atoms with Gasteiger partial charge in [-0.1, -0.05) is 12.1 Å². The fraction of sp³-hybridized carbons (Fsp3) is 0.417. The summed E-state index contributed by atoms with van der Waals surface area (Å²) in [6.07, 6.45) is 1.46. The van der Waals surface area contributed by atoms with Crippen LogP contribution in [0.2, 0.25) is 0 Å². The van der Waals surface area contributed by atoms with Crippen LogP contribution in [0.1, 0.15) is 25.3 Å². The summed E-state index contributed by atoms with van der Waals surface area (Å²) < 4.78 is 4.78. The van der Waals surface area contributed by atoms with Gasteiger partial charge < -0.3 is 14.9 Å². The lowest BCUT2D eigenvalue weighted by atomic mass is 10.1. The molecule has 0 radical (unpaired) electrons. The minimum Gasteiger partial charge on any atom is -0.504 e. The van der Waals surface area contributed by atoms with Crippen LogP contribution < -0.4 is 0 Å². The average Bonchev–Trinajstić information content (AvgIpc) is 2.25. The van der Waals surface area contributed by atoms with E-state index in [-0.39, 0.29) is 17.5 Å². The van der Waals surface area contributed by atoms with Crippen molar-refractivity contribution >= 4 is 5.97 Å². The van der Waals surface area contributed by atoms with Crippen LogP contribution in [-0.4, -0.2) is 22.8 Å². The van der Waals surface area contributed by atoms with Gasteiger partial charge in [0.1, 0.15) is 0 Å². The average molecular weight is 224 g/mol. The van der Waals surface area contributed by atoms with Crippen molar-refractivity contribution in [3.63, 3.8) is 0 Å². The fourth-order valence-corrected chi connectivity index (χ4v) is 1.44. The molecule has 0 aromatic heterocycles. The van der Waals surface area contributed by atoms with Gasteiger partial charge in [0, 0.05) is 6.42 Å². The van der Waals surface area contributed by atoms with E-state index in [1.807, 2.05) is 0 Å². The van der Waals surface area contributed by atoms with Crippen LogP contribution in [0, 0.1) is 0 Å². The summed E-state index contributed by atoms with van der Waals surface area (Å²) in [6, 6.07) is 4.80. The number of aromatic hydroxyl groups is 2. The minimum absolute atomic E-state index is 0.105. The fourth-order valence-electron chi connectivity index (χ4n) is 1.44. The number of carbonyl (C=O) groups is 1. The molecule has 0 bridgehead atoms. The SMILES string of the molecule is CCOC(=O)CCCc1cccc(O)c1O. The maximum absolute atomic E-state index is 11.1. The number of esters is 1. The van der Waals surface area contributed by atoms with Crippen molar-refractivity contribution in [2.24, 2.45) is 0 Å². The topological polar surface area (TPSA) is 66.8 Å². The van der Waals surface area contributed by atoms with Gasteiger partial charge in [0.05, 0.1) is 6.61 Å². The maximum Gasteiger partial charge on any atom is 0.305 e. The Bertz CT molecular complexity index is 360. The van der Waals surface area contributed by atoms with Crippen molar-refractivity contribution in [2.45, 2.75) is 26.2 Å². The van der Waals surface area contributed by atoms with Gasteiger partial charge in [-0.25, -0.2) is 0 Å². The Balaban J connectivity index is 2.43. The van der Waals surface area contributed by atoms with Crippen LogP contribution in [0.5, 0.6) is 11.5 Å². The number of aryl methyl sites for hydroxylation is 1. The summed E-state index contributed by atoms with van der Waals surface area (Å²) >= 11 is 0. The van der Waals surface area contributed by atoms with E-state index in [2.05, 4.69) is 0 Å². The lowest BCUT2D eigenvalue weighted by Crippen LogP contribution is -2.04. The number of phenolic OH excluding ortho intramolecular Hbond substituents is 2. The molecule has 0 amide bonds. The highest BCUT2D eigenvalue weighted by Gasteiger charge is 2.07. The predicted molar refractivity (Wildman–Crippen MR) is 59.3 cm³/mol. The molecule has 0 saturated carbocycles. The molecule has 0 aliphatic heterocycles. The second-order valence-electron chi connectivity index (χ2n) is 3.44. The molecule has 0 heterocycles. The molecule has 0 spiro atoms. The number of rotatable bonds is 5. The molecule has 2 N–H and O–H groups in total. The summed E-state index contributed by atoms with van der Waals surface area (Å²) in [6.45, 7) is 2.15. The van der Waals surface area contributed by atoms with E-state index in [0.29, 0.717) is 31.4 Å². The molecule has 1 aromatic carbocycles. The molecule has 0 fully saturated rings. The van der Waals surface area contributed by atoms with Gasteiger partial charge >= 0.3 is 5.97 Å². The summed E-state index contributed by atoms with van der Waals surface area (Å²) in [4.78, 5) is 11.1. The zero-order chi connectivity index (χ0) is 12.0. The molecule has 4 heteroatoms. The molecule has 0 saturated heterocycles. The molecule has 88 valence electrons. The number of hydrogen-bond acceptors (Lipinski definition) is 4. The van der Waals surface area contributed by atoms with Gasteiger partial charge in [0.2, 0.25) is 0 Å². The minimum atomic E-state index is -0.234. The Morgan fingerprint density at radius 1 is 1.38 bits per heavy atom. The van der Waals surface area contributed by atoms with Gasteiger partial charge in [-0.3, -0.25) is 4.79 Å². The summed E-state index contributed by atoms with van der Waals surface area (Å²) in [7, 11) is 0. The van der Waals surface area contributed by atoms with Crippen LogP contribution >= 0.6 is 0 Å². The monoisotopic (exact) mass is 224 g/mol. The van der Waals surface area contributed by atoms with Gasteiger partial charge in [0.15, 0.2) is 11.5 Å². The Hall–Kier alpha value is -1.71. The van der Waals surface area contributed by atoms with Gasteiger partial charge in [0.25, 0.3) is 0 Å². The van der Waals surface area contributed by atoms with Crippen LogP contribution in [0.4, 0.5) is 0 Å². The van der Waals surface area contributed by atoms with E-state index >= 15 is 0 Å². The first kappa shape index (κ1) is 12.4. The first-order valence-electron chi connectivity index (χ1n) is 5.30. The van der Waals surface area contributed by atoms with Crippen molar-refractivity contribution in [3.8, 4) is 11.5 Å². The van der Waals surface area contributed by atoms with Crippen molar-refractivity contribution in [2.75, 3.05) is 6.61 Å². The second kappa shape index (κ2) is 6.00. The number of hydrogen-bond donors (Lipinski definition) is 2. The van der Waals surface area contributed by atoms with E-state index < -0.39 is 0 Å². The highest BCUT2D eigenvalue weighted by molar-refractivity contribution is 5.69. The summed E-state index contributed by atoms with van der Waals surface area (Å²) in [5.41, 5.74) is 0.643. The number of ether oxygens (including phenoxy) is 1. The molecule has 1 rings (SSSR count). The Kier molecular flexibility index (Phi) is 4.64. The maximum atomic E-state index is 11.1. The molecule has 0 aliphatic carbocycles. The van der Waals surface area contributed by atoms with E-state index in [1.165, 1.54) is 6.07 Å². The normalized spacial score (nSPS) is 10.1. The van der Waals surface area contributed by atoms with Crippen LogP contribution in [0.3, 0.4) is 0 Å². The number of carbonyl (C=O) groups excluding carboxylic acids is 1. The zero-order valence-electron chi connectivity index (χ0n) is 9.27. The highest BCUT2D eigenvalue weighted by Crippen LogP contribution is 2.29. The largest absolute Gasteiger partial charge is 0.504 e. The van der Waals surface area contributed by atoms with Crippen LogP contribution in [0.15, 0.2) is 18.2 Å². The van der Waals surface area contributed by atoms with Crippen molar-refractivity contribution in [1.82, 2.24) is 0 Å². The number of para-hydroxylation sites is 1. The second-order valence-corrected chi connectivity index (χ2v) is 3.44. The van der Waals surface area contributed by atoms with Gasteiger partial charge in [-0.2, -0.15) is 0 Å². The molecular weight excluding hydrogens is 208 g/mol. The molecule has 16 heavy (non-hydrogen) atoms. The van der Waals surface area contributed by atoms with Gasteiger partial charge in [-0.05, 0) is 31.4 Å². The number of benzene rings is 1. The summed E-state index contributed by atoms with van der Waals surface area (Å²) in [5.74, 6) is -0.470. The van der Waals surface area contributed by atoms with Crippen molar-refractivity contribution < 1.29 is 19.7 Å². The predicted octanol–water partition coefficient (Wildman–Crippen LogP) is 1.98. The standard InChI is InChI=1S/C12H16O4/c1-2-16-11(14)8-4-6-9-5-3-7-10(13)12(9)15/h3,5,7,13,15H,2,4,6,8H2,1H3. The Morgan fingerprint density at radius 3 is 2.81 bits per heavy atom. The Labute approximate surface area is 94.5 Å². The number of phenols is 2. The zero-order valence-corrected chi connectivity index (χ0v) is 9.27. The van der Waals surface area contributed by atoms with Crippen LogP contribution in [-0.2, 0) is 16.0 Å². The van der Waals surface area contributed by atoms with E-state index in [0.717, 1.165) is 0 Å². The highest BCUT2D eigenvalue weighted by atomic mass is 16.5. The van der Waals surface area contributed by atoms with E-state index in [1.54, 1.807) is 19.1 Å². The third kappa shape index (κ3) is 3.46. The molecule has 0 atom stereocenters. The first-order chi connectivity index (χ1) is 7.65. The van der Waals surface area contributed by atoms with Gasteiger partial charge in [-0.15, -0.1) is 0 Å². The molecule has 0 unspecified atom stereocenters. The summed E-state index contributed by atoms with van der Waals surface area (Å²) in [5, 5.41) is 18.8. The van der Waals surface area contributed by atoms with Crippen molar-refractivity contribution in [3.05, 3.63) is 23.8 Å². The Morgan fingerprint density at radius 2 is 2.12 bits per heavy atom. The smallest absolute Gasteiger partial charge is 0.305 e. The molecule has 4 nitrogen and oxygen atoms in total. The van der Waals surface area contributed by atoms with Crippen LogP contribution in [0.25, 0.3) is 0 Å². The molecule has 0 aliphatic rings. The third-order valence-electron chi connectivity index (χ3n) is 2.23. The first-order valence-corrected chi connectivity index (χ1v) is 5.30.